The van der Waals surface area contributed by atoms with Crippen LogP contribution in [0.1, 0.15) is 56.3 Å². The van der Waals surface area contributed by atoms with Crippen molar-refractivity contribution < 1.29 is 14.1 Å². The Morgan fingerprint density at radius 2 is 2.08 bits per heavy atom. The zero-order valence-electron chi connectivity index (χ0n) is 13.4. The summed E-state index contributed by atoms with van der Waals surface area (Å²) in [5.41, 5.74) is 0.451. The van der Waals surface area contributed by atoms with Gasteiger partial charge in [-0.3, -0.25) is 14.6 Å². The SMILES string of the molecule is CC(NC(=O)C(=O)Nc1cccnc1)c1nc(C2CCCC2)no1. The van der Waals surface area contributed by atoms with Gasteiger partial charge >= 0.3 is 11.8 Å². The lowest BCUT2D eigenvalue weighted by molar-refractivity contribution is -0.136. The molecule has 2 aromatic heterocycles. The van der Waals surface area contributed by atoms with Crippen LogP contribution in [0.5, 0.6) is 0 Å². The van der Waals surface area contributed by atoms with Crippen LogP contribution < -0.4 is 10.6 Å². The van der Waals surface area contributed by atoms with Gasteiger partial charge in [-0.2, -0.15) is 4.98 Å². The topological polar surface area (TPSA) is 110 Å². The van der Waals surface area contributed by atoms with E-state index in [0.717, 1.165) is 12.8 Å². The number of carbonyl (C=O) groups excluding carboxylic acids is 2. The Morgan fingerprint density at radius 3 is 2.79 bits per heavy atom. The molecule has 0 spiro atoms. The van der Waals surface area contributed by atoms with Gasteiger partial charge in [-0.1, -0.05) is 18.0 Å². The first kappa shape index (κ1) is 16.1. The summed E-state index contributed by atoms with van der Waals surface area (Å²) >= 11 is 0. The summed E-state index contributed by atoms with van der Waals surface area (Å²) in [4.78, 5) is 32.1. The van der Waals surface area contributed by atoms with Crippen molar-refractivity contribution in [2.24, 2.45) is 0 Å². The lowest BCUT2D eigenvalue weighted by Crippen LogP contribution is -2.37. The van der Waals surface area contributed by atoms with Crippen LogP contribution >= 0.6 is 0 Å². The maximum atomic E-state index is 12.0. The Balaban J connectivity index is 1.56. The first-order valence-electron chi connectivity index (χ1n) is 7.99. The van der Waals surface area contributed by atoms with Gasteiger partial charge in [-0.25, -0.2) is 0 Å². The molecule has 0 aliphatic heterocycles. The first-order chi connectivity index (χ1) is 11.6. The van der Waals surface area contributed by atoms with Crippen LogP contribution in [0.25, 0.3) is 0 Å². The maximum absolute atomic E-state index is 12.0. The molecule has 24 heavy (non-hydrogen) atoms. The van der Waals surface area contributed by atoms with Gasteiger partial charge in [0.05, 0.1) is 11.9 Å². The number of nitrogens with one attached hydrogen (secondary N) is 2. The molecular formula is C16H19N5O3. The van der Waals surface area contributed by atoms with E-state index in [1.165, 1.54) is 19.0 Å². The average Bonchev–Trinajstić information content (AvgIpc) is 3.27. The average molecular weight is 329 g/mol. The number of hydrogen-bond donors (Lipinski definition) is 2. The lowest BCUT2D eigenvalue weighted by Gasteiger charge is -2.09. The molecule has 3 rings (SSSR count). The number of hydrogen-bond acceptors (Lipinski definition) is 6. The van der Waals surface area contributed by atoms with Crippen LogP contribution in [0.4, 0.5) is 5.69 Å². The van der Waals surface area contributed by atoms with Gasteiger partial charge in [0.1, 0.15) is 6.04 Å². The molecule has 0 radical (unpaired) electrons. The fraction of sp³-hybridized carbons (Fsp3) is 0.438. The second kappa shape index (κ2) is 7.20. The van der Waals surface area contributed by atoms with Crippen LogP contribution in [0.3, 0.4) is 0 Å². The quantitative estimate of drug-likeness (QED) is 0.829. The highest BCUT2D eigenvalue weighted by Crippen LogP contribution is 2.32. The molecular weight excluding hydrogens is 310 g/mol. The van der Waals surface area contributed by atoms with Crippen LogP contribution in [-0.2, 0) is 9.59 Å². The van der Waals surface area contributed by atoms with Crippen molar-refractivity contribution in [2.75, 3.05) is 5.32 Å². The summed E-state index contributed by atoms with van der Waals surface area (Å²) in [6, 6.07) is 2.77. The highest BCUT2D eigenvalue weighted by Gasteiger charge is 2.25. The minimum absolute atomic E-state index is 0.305. The van der Waals surface area contributed by atoms with E-state index in [4.69, 9.17) is 4.52 Å². The van der Waals surface area contributed by atoms with Crippen LogP contribution in [-0.4, -0.2) is 26.9 Å². The summed E-state index contributed by atoms with van der Waals surface area (Å²) in [6.07, 6.45) is 7.51. The molecule has 8 heteroatoms. The zero-order valence-corrected chi connectivity index (χ0v) is 13.4. The van der Waals surface area contributed by atoms with Gasteiger partial charge in [0.25, 0.3) is 0 Å². The van der Waals surface area contributed by atoms with E-state index < -0.39 is 17.9 Å². The lowest BCUT2D eigenvalue weighted by atomic mass is 10.1. The summed E-state index contributed by atoms with van der Waals surface area (Å²) in [7, 11) is 0. The molecule has 1 aliphatic rings. The number of amides is 2. The molecule has 2 N–H and O–H groups in total. The van der Waals surface area contributed by atoms with Crippen molar-refractivity contribution in [3.8, 4) is 0 Å². The molecule has 0 aromatic carbocycles. The third kappa shape index (κ3) is 3.76. The van der Waals surface area contributed by atoms with Crippen molar-refractivity contribution in [1.82, 2.24) is 20.4 Å². The number of rotatable bonds is 4. The van der Waals surface area contributed by atoms with Gasteiger partial charge in [0.15, 0.2) is 5.82 Å². The molecule has 1 fully saturated rings. The molecule has 1 aliphatic carbocycles. The predicted octanol–water partition coefficient (Wildman–Crippen LogP) is 1.94. The van der Waals surface area contributed by atoms with E-state index in [0.29, 0.717) is 23.3 Å². The third-order valence-corrected chi connectivity index (χ3v) is 4.02. The number of pyridine rings is 1. The minimum Gasteiger partial charge on any atom is -0.337 e. The third-order valence-electron chi connectivity index (χ3n) is 4.02. The molecule has 0 bridgehead atoms. The van der Waals surface area contributed by atoms with Gasteiger partial charge in [-0.05, 0) is 31.9 Å². The fourth-order valence-electron chi connectivity index (χ4n) is 2.72. The Labute approximate surface area is 139 Å². The number of aromatic nitrogens is 3. The molecule has 2 amide bonds. The molecule has 0 saturated heterocycles. The highest BCUT2D eigenvalue weighted by atomic mass is 16.5. The minimum atomic E-state index is -0.773. The summed E-state index contributed by atoms with van der Waals surface area (Å²) in [6.45, 7) is 1.70. The van der Waals surface area contributed by atoms with Crippen molar-refractivity contribution in [2.45, 2.75) is 44.6 Å². The number of carbonyl (C=O) groups is 2. The van der Waals surface area contributed by atoms with E-state index in [1.807, 2.05) is 0 Å². The molecule has 1 atom stereocenters. The van der Waals surface area contributed by atoms with Crippen LogP contribution in [0.2, 0.25) is 0 Å². The Hall–Kier alpha value is -2.77. The van der Waals surface area contributed by atoms with Crippen LogP contribution in [0.15, 0.2) is 29.0 Å². The van der Waals surface area contributed by atoms with Crippen molar-refractivity contribution >= 4 is 17.5 Å². The summed E-state index contributed by atoms with van der Waals surface area (Å²) in [5, 5.41) is 9.01. The van der Waals surface area contributed by atoms with Gasteiger partial charge in [-0.15, -0.1) is 0 Å². The number of nitrogens with zero attached hydrogens (tertiary/aromatic N) is 3. The Morgan fingerprint density at radius 1 is 1.29 bits per heavy atom. The molecule has 2 aromatic rings. The standard InChI is InChI=1S/C16H19N5O3/c1-10(16-20-13(21-24-16)11-5-2-3-6-11)18-14(22)15(23)19-12-7-4-8-17-9-12/h4,7-11H,2-3,5-6H2,1H3,(H,18,22)(H,19,23). The van der Waals surface area contributed by atoms with Crippen molar-refractivity contribution in [3.05, 3.63) is 36.2 Å². The van der Waals surface area contributed by atoms with E-state index in [9.17, 15) is 9.59 Å². The Kier molecular flexibility index (Phi) is 4.83. The zero-order chi connectivity index (χ0) is 16.9. The monoisotopic (exact) mass is 329 g/mol. The van der Waals surface area contributed by atoms with E-state index in [1.54, 1.807) is 25.3 Å². The second-order valence-corrected chi connectivity index (χ2v) is 5.86. The number of anilines is 1. The predicted molar refractivity (Wildman–Crippen MR) is 84.9 cm³/mol. The maximum Gasteiger partial charge on any atom is 0.313 e. The molecule has 8 nitrogen and oxygen atoms in total. The van der Waals surface area contributed by atoms with Gasteiger partial charge in [0.2, 0.25) is 5.89 Å². The van der Waals surface area contributed by atoms with Gasteiger partial charge in [0, 0.05) is 12.1 Å². The van der Waals surface area contributed by atoms with Gasteiger partial charge < -0.3 is 15.2 Å². The normalized spacial score (nSPS) is 15.9. The Bertz CT molecular complexity index is 710. The molecule has 1 saturated carbocycles. The second-order valence-electron chi connectivity index (χ2n) is 5.86. The summed E-state index contributed by atoms with van der Waals surface area (Å²) in [5.74, 6) is -0.223. The highest BCUT2D eigenvalue weighted by molar-refractivity contribution is 6.39. The molecule has 126 valence electrons. The smallest absolute Gasteiger partial charge is 0.313 e. The van der Waals surface area contributed by atoms with E-state index in [-0.39, 0.29) is 0 Å². The van der Waals surface area contributed by atoms with Crippen molar-refractivity contribution in [3.63, 3.8) is 0 Å². The van der Waals surface area contributed by atoms with Crippen LogP contribution in [0, 0.1) is 0 Å². The summed E-state index contributed by atoms with van der Waals surface area (Å²) < 4.78 is 5.22. The van der Waals surface area contributed by atoms with E-state index >= 15 is 0 Å². The molecule has 1 unspecified atom stereocenters. The largest absolute Gasteiger partial charge is 0.337 e. The van der Waals surface area contributed by atoms with E-state index in [2.05, 4.69) is 25.8 Å². The fourth-order valence-corrected chi connectivity index (χ4v) is 2.72. The first-order valence-corrected chi connectivity index (χ1v) is 7.99. The molecule has 2 heterocycles. The van der Waals surface area contributed by atoms with Crippen molar-refractivity contribution in [1.29, 1.82) is 0 Å².